The third kappa shape index (κ3) is 2.68. The normalized spacial score (nSPS) is 22.5. The fourth-order valence-corrected chi connectivity index (χ4v) is 1.61. The molecule has 0 heterocycles. The molecule has 0 unspecified atom stereocenters. The van der Waals surface area contributed by atoms with Gasteiger partial charge in [0.25, 0.3) is 0 Å². The summed E-state index contributed by atoms with van der Waals surface area (Å²) in [7, 11) is 0. The molecule has 0 N–H and O–H groups in total. The minimum atomic E-state index is -0.144. The quantitative estimate of drug-likeness (QED) is 0.520. The summed E-state index contributed by atoms with van der Waals surface area (Å²) in [5, 5.41) is 0. The van der Waals surface area contributed by atoms with Gasteiger partial charge in [-0.1, -0.05) is 25.7 Å². The van der Waals surface area contributed by atoms with Crippen molar-refractivity contribution in [3.05, 3.63) is 5.92 Å². The molecule has 1 aliphatic rings. The minimum Gasteiger partial charge on any atom is -0.251 e. The average molecular weight is 143 g/mol. The van der Waals surface area contributed by atoms with Crippen LogP contribution in [0, 0.1) is 5.92 Å². The average Bonchev–Trinajstić information content (AvgIpc) is 2.17. The molecule has 0 nitrogen and oxygen atoms in total. The fourth-order valence-electron chi connectivity index (χ4n) is 1.61. The maximum Gasteiger partial charge on any atom is 0.0900 e. The van der Waals surface area contributed by atoms with E-state index in [1.165, 1.54) is 44.4 Å². The molecule has 0 aromatic carbocycles. The monoisotopic (exact) mass is 143 g/mol. The molecule has 0 bridgehead atoms. The van der Waals surface area contributed by atoms with Crippen molar-refractivity contribution in [1.29, 1.82) is 0 Å². The summed E-state index contributed by atoms with van der Waals surface area (Å²) in [6, 6.07) is 0. The van der Waals surface area contributed by atoms with E-state index in [1.54, 1.807) is 0 Å². The topological polar surface area (TPSA) is 0 Å². The van der Waals surface area contributed by atoms with Crippen molar-refractivity contribution < 1.29 is 4.39 Å². The third-order valence-corrected chi connectivity index (χ3v) is 2.26. The summed E-state index contributed by atoms with van der Waals surface area (Å²) in [4.78, 5) is 0. The Morgan fingerprint density at radius 3 is 2.10 bits per heavy atom. The van der Waals surface area contributed by atoms with Gasteiger partial charge < -0.3 is 0 Å². The van der Waals surface area contributed by atoms with E-state index >= 15 is 0 Å². The number of hydrogen-bond acceptors (Lipinski definition) is 0. The van der Waals surface area contributed by atoms with Crippen molar-refractivity contribution in [3.63, 3.8) is 0 Å². The number of hydrogen-bond donors (Lipinski definition) is 0. The first kappa shape index (κ1) is 8.03. The largest absolute Gasteiger partial charge is 0.251 e. The van der Waals surface area contributed by atoms with Gasteiger partial charge in [0.05, 0.1) is 6.67 Å². The standard InChI is InChI=1S/C9H16F/c10-8-7-9-5-3-1-2-4-6-9/h1-8H2. The highest BCUT2D eigenvalue weighted by molar-refractivity contribution is 4.90. The zero-order valence-corrected chi connectivity index (χ0v) is 6.53. The summed E-state index contributed by atoms with van der Waals surface area (Å²) >= 11 is 0. The van der Waals surface area contributed by atoms with Gasteiger partial charge in [-0.3, -0.25) is 4.39 Å². The van der Waals surface area contributed by atoms with E-state index in [2.05, 4.69) is 0 Å². The molecule has 0 aromatic rings. The number of rotatable bonds is 2. The minimum absolute atomic E-state index is 0.144. The van der Waals surface area contributed by atoms with Gasteiger partial charge in [-0.25, -0.2) is 0 Å². The van der Waals surface area contributed by atoms with Gasteiger partial charge in [0.15, 0.2) is 0 Å². The molecule has 1 rings (SSSR count). The van der Waals surface area contributed by atoms with Crippen LogP contribution in [0.2, 0.25) is 0 Å². The number of alkyl halides is 1. The second kappa shape index (κ2) is 4.70. The second-order valence-electron chi connectivity index (χ2n) is 3.10. The highest BCUT2D eigenvalue weighted by atomic mass is 19.1. The molecule has 1 heteroatoms. The van der Waals surface area contributed by atoms with Crippen molar-refractivity contribution in [3.8, 4) is 0 Å². The van der Waals surface area contributed by atoms with Crippen LogP contribution in [0.5, 0.6) is 0 Å². The maximum absolute atomic E-state index is 11.9. The summed E-state index contributed by atoms with van der Waals surface area (Å²) in [6.45, 7) is -0.144. The molecule has 0 aromatic heterocycles. The summed E-state index contributed by atoms with van der Waals surface area (Å²) in [6.07, 6.45) is 8.45. The van der Waals surface area contributed by atoms with Crippen molar-refractivity contribution in [2.75, 3.05) is 6.67 Å². The van der Waals surface area contributed by atoms with Crippen molar-refractivity contribution >= 4 is 0 Å². The molecular formula is C9H16F. The molecule has 0 saturated heterocycles. The van der Waals surface area contributed by atoms with Crippen LogP contribution in [0.4, 0.5) is 4.39 Å². The molecule has 0 spiro atoms. The molecule has 1 aliphatic carbocycles. The van der Waals surface area contributed by atoms with E-state index in [-0.39, 0.29) is 6.67 Å². The van der Waals surface area contributed by atoms with Crippen LogP contribution in [0.15, 0.2) is 0 Å². The van der Waals surface area contributed by atoms with E-state index in [0.717, 1.165) is 6.42 Å². The molecule has 0 atom stereocenters. The molecule has 1 saturated carbocycles. The summed E-state index contributed by atoms with van der Waals surface area (Å²) in [5.41, 5.74) is 0. The summed E-state index contributed by atoms with van der Waals surface area (Å²) < 4.78 is 11.9. The van der Waals surface area contributed by atoms with Crippen molar-refractivity contribution in [2.24, 2.45) is 0 Å². The molecule has 1 fully saturated rings. The Morgan fingerprint density at radius 2 is 1.60 bits per heavy atom. The van der Waals surface area contributed by atoms with Crippen LogP contribution in [-0.4, -0.2) is 6.67 Å². The van der Waals surface area contributed by atoms with Crippen molar-refractivity contribution in [2.45, 2.75) is 44.9 Å². The van der Waals surface area contributed by atoms with Gasteiger partial charge in [-0.15, -0.1) is 0 Å². The SMILES string of the molecule is FCC[C]1CCCCCC1. The Bertz CT molecular complexity index is 72.8. The first-order chi connectivity index (χ1) is 4.93. The highest BCUT2D eigenvalue weighted by Crippen LogP contribution is 2.26. The van der Waals surface area contributed by atoms with Gasteiger partial charge in [0.1, 0.15) is 0 Å². The van der Waals surface area contributed by atoms with Crippen LogP contribution in [0.1, 0.15) is 44.9 Å². The first-order valence-electron chi connectivity index (χ1n) is 4.33. The third-order valence-electron chi connectivity index (χ3n) is 2.26. The Labute approximate surface area is 62.8 Å². The van der Waals surface area contributed by atoms with Crippen LogP contribution in [-0.2, 0) is 0 Å². The molecule has 1 radical (unpaired) electrons. The Morgan fingerprint density at radius 1 is 1.00 bits per heavy atom. The van der Waals surface area contributed by atoms with E-state index < -0.39 is 0 Å². The molecule has 59 valence electrons. The number of halogens is 1. The fraction of sp³-hybridized carbons (Fsp3) is 0.889. The van der Waals surface area contributed by atoms with Crippen LogP contribution >= 0.6 is 0 Å². The second-order valence-corrected chi connectivity index (χ2v) is 3.10. The molecular weight excluding hydrogens is 127 g/mol. The lowest BCUT2D eigenvalue weighted by Crippen LogP contribution is -1.96. The van der Waals surface area contributed by atoms with Gasteiger partial charge in [-0.05, 0) is 25.2 Å². The lowest BCUT2D eigenvalue weighted by atomic mass is 9.98. The van der Waals surface area contributed by atoms with Crippen LogP contribution in [0.25, 0.3) is 0 Å². The zero-order valence-electron chi connectivity index (χ0n) is 6.53. The summed E-state index contributed by atoms with van der Waals surface area (Å²) in [5.74, 6) is 1.47. The first-order valence-corrected chi connectivity index (χ1v) is 4.33. The van der Waals surface area contributed by atoms with E-state index in [9.17, 15) is 4.39 Å². The lowest BCUT2D eigenvalue weighted by Gasteiger charge is -2.09. The molecule has 10 heavy (non-hydrogen) atoms. The highest BCUT2D eigenvalue weighted by Gasteiger charge is 2.11. The lowest BCUT2D eigenvalue weighted by molar-refractivity contribution is 0.461. The zero-order chi connectivity index (χ0) is 7.23. The van der Waals surface area contributed by atoms with E-state index in [1.807, 2.05) is 0 Å². The predicted molar refractivity (Wildman–Crippen MR) is 41.5 cm³/mol. The van der Waals surface area contributed by atoms with Crippen LogP contribution in [0.3, 0.4) is 0 Å². The van der Waals surface area contributed by atoms with Crippen molar-refractivity contribution in [1.82, 2.24) is 0 Å². The van der Waals surface area contributed by atoms with Gasteiger partial charge in [0, 0.05) is 0 Å². The van der Waals surface area contributed by atoms with E-state index in [0.29, 0.717) is 0 Å². The maximum atomic E-state index is 11.9. The Balaban J connectivity index is 2.15. The molecule has 0 aliphatic heterocycles. The smallest absolute Gasteiger partial charge is 0.0900 e. The Hall–Kier alpha value is -0.0700. The predicted octanol–water partition coefficient (Wildman–Crippen LogP) is 3.27. The van der Waals surface area contributed by atoms with Crippen LogP contribution < -0.4 is 0 Å². The van der Waals surface area contributed by atoms with Gasteiger partial charge in [-0.2, -0.15) is 0 Å². The Kier molecular flexibility index (Phi) is 3.77. The molecule has 0 amide bonds. The van der Waals surface area contributed by atoms with E-state index in [4.69, 9.17) is 0 Å². The van der Waals surface area contributed by atoms with Gasteiger partial charge in [0.2, 0.25) is 0 Å². The van der Waals surface area contributed by atoms with Gasteiger partial charge >= 0.3 is 0 Å².